The topological polar surface area (TPSA) is 26.0 Å². The molecule has 0 bridgehead atoms. The zero-order chi connectivity index (χ0) is 11.5. The Bertz CT molecular complexity index is 479. The van der Waals surface area contributed by atoms with Crippen molar-refractivity contribution in [1.82, 2.24) is 0 Å². The summed E-state index contributed by atoms with van der Waals surface area (Å²) in [6.45, 7) is 0. The van der Waals surface area contributed by atoms with Gasteiger partial charge in [0.2, 0.25) is 0 Å². The number of rotatable bonds is 2. The van der Waals surface area contributed by atoms with Crippen molar-refractivity contribution >= 4 is 29.1 Å². The zero-order valence-corrected chi connectivity index (χ0v) is 9.86. The van der Waals surface area contributed by atoms with Gasteiger partial charge in [0.15, 0.2) is 0 Å². The van der Waals surface area contributed by atoms with Crippen LogP contribution in [0, 0.1) is 5.82 Å². The van der Waals surface area contributed by atoms with E-state index in [1.807, 2.05) is 0 Å². The number of halogens is 2. The van der Waals surface area contributed by atoms with Gasteiger partial charge < -0.3 is 5.73 Å². The Balaban J connectivity index is 2.30. The van der Waals surface area contributed by atoms with Crippen molar-refractivity contribution in [1.29, 1.82) is 0 Å². The molecule has 16 heavy (non-hydrogen) atoms. The number of hydrogen-bond acceptors (Lipinski definition) is 2. The minimum Gasteiger partial charge on any atom is -0.398 e. The maximum atomic E-state index is 12.7. The van der Waals surface area contributed by atoms with Gasteiger partial charge in [0.1, 0.15) is 5.82 Å². The number of hydrogen-bond donors (Lipinski definition) is 1. The standard InChI is InChI=1S/C12H9ClFNS/c13-10-2-1-3-11(15)12(10)16-9-6-4-8(14)5-7-9/h1-7H,15H2. The summed E-state index contributed by atoms with van der Waals surface area (Å²) in [5.74, 6) is -0.253. The van der Waals surface area contributed by atoms with Crippen molar-refractivity contribution < 1.29 is 4.39 Å². The summed E-state index contributed by atoms with van der Waals surface area (Å²) < 4.78 is 12.7. The van der Waals surface area contributed by atoms with Crippen LogP contribution in [0.2, 0.25) is 5.02 Å². The molecule has 82 valence electrons. The molecule has 0 fully saturated rings. The molecule has 0 unspecified atom stereocenters. The molecule has 2 N–H and O–H groups in total. The lowest BCUT2D eigenvalue weighted by Gasteiger charge is -2.07. The Morgan fingerprint density at radius 3 is 2.38 bits per heavy atom. The maximum absolute atomic E-state index is 12.7. The Morgan fingerprint density at radius 1 is 1.06 bits per heavy atom. The molecule has 0 heterocycles. The Labute approximate surface area is 102 Å². The number of benzene rings is 2. The molecule has 0 aromatic heterocycles. The minimum atomic E-state index is -0.253. The average molecular weight is 254 g/mol. The first kappa shape index (κ1) is 11.3. The second-order valence-corrected chi connectivity index (χ2v) is 4.71. The first-order valence-electron chi connectivity index (χ1n) is 4.64. The van der Waals surface area contributed by atoms with E-state index in [-0.39, 0.29) is 5.82 Å². The second kappa shape index (κ2) is 4.76. The lowest BCUT2D eigenvalue weighted by Crippen LogP contribution is -1.88. The van der Waals surface area contributed by atoms with Crippen LogP contribution in [0.5, 0.6) is 0 Å². The van der Waals surface area contributed by atoms with Gasteiger partial charge in [-0.2, -0.15) is 0 Å². The molecular weight excluding hydrogens is 245 g/mol. The number of nitrogen functional groups attached to an aromatic ring is 1. The van der Waals surface area contributed by atoms with Crippen molar-refractivity contribution in [2.45, 2.75) is 9.79 Å². The fraction of sp³-hybridized carbons (Fsp3) is 0. The highest BCUT2D eigenvalue weighted by atomic mass is 35.5. The minimum absolute atomic E-state index is 0.253. The molecule has 0 aliphatic carbocycles. The number of nitrogens with two attached hydrogens (primary N) is 1. The van der Waals surface area contributed by atoms with E-state index in [0.29, 0.717) is 10.7 Å². The summed E-state index contributed by atoms with van der Waals surface area (Å²) in [6, 6.07) is 11.6. The highest BCUT2D eigenvalue weighted by Gasteiger charge is 2.06. The largest absolute Gasteiger partial charge is 0.398 e. The molecule has 2 aromatic carbocycles. The molecule has 4 heteroatoms. The Morgan fingerprint density at radius 2 is 1.75 bits per heavy atom. The quantitative estimate of drug-likeness (QED) is 0.812. The molecule has 0 aliphatic rings. The van der Waals surface area contributed by atoms with Crippen LogP contribution >= 0.6 is 23.4 Å². The van der Waals surface area contributed by atoms with Crippen LogP contribution in [0.1, 0.15) is 0 Å². The summed E-state index contributed by atoms with van der Waals surface area (Å²) in [5, 5.41) is 0.606. The lowest BCUT2D eigenvalue weighted by atomic mass is 10.3. The van der Waals surface area contributed by atoms with E-state index in [0.717, 1.165) is 9.79 Å². The summed E-state index contributed by atoms with van der Waals surface area (Å²) in [6.07, 6.45) is 0. The van der Waals surface area contributed by atoms with Gasteiger partial charge >= 0.3 is 0 Å². The smallest absolute Gasteiger partial charge is 0.123 e. The molecule has 0 saturated carbocycles. The third-order valence-corrected chi connectivity index (χ3v) is 3.63. The highest BCUT2D eigenvalue weighted by Crippen LogP contribution is 2.37. The average Bonchev–Trinajstić information content (AvgIpc) is 2.26. The van der Waals surface area contributed by atoms with Crippen molar-refractivity contribution in [3.8, 4) is 0 Å². The van der Waals surface area contributed by atoms with E-state index >= 15 is 0 Å². The summed E-state index contributed by atoms with van der Waals surface area (Å²) in [5.41, 5.74) is 6.45. The van der Waals surface area contributed by atoms with Crippen LogP contribution in [0.4, 0.5) is 10.1 Å². The third kappa shape index (κ3) is 2.49. The SMILES string of the molecule is Nc1cccc(Cl)c1Sc1ccc(F)cc1. The first-order chi connectivity index (χ1) is 7.66. The Kier molecular flexibility index (Phi) is 3.36. The molecule has 2 rings (SSSR count). The molecule has 1 nitrogen and oxygen atoms in total. The molecular formula is C12H9ClFNS. The summed E-state index contributed by atoms with van der Waals surface area (Å²) >= 11 is 7.46. The van der Waals surface area contributed by atoms with Gasteiger partial charge in [-0.05, 0) is 36.4 Å². The van der Waals surface area contributed by atoms with E-state index in [4.69, 9.17) is 17.3 Å². The lowest BCUT2D eigenvalue weighted by molar-refractivity contribution is 0.626. The van der Waals surface area contributed by atoms with E-state index in [1.165, 1.54) is 23.9 Å². The third-order valence-electron chi connectivity index (χ3n) is 2.03. The zero-order valence-electron chi connectivity index (χ0n) is 8.28. The molecule has 0 atom stereocenters. The predicted molar refractivity (Wildman–Crippen MR) is 66.4 cm³/mol. The van der Waals surface area contributed by atoms with Gasteiger partial charge in [-0.3, -0.25) is 0 Å². The van der Waals surface area contributed by atoms with Crippen molar-refractivity contribution in [3.63, 3.8) is 0 Å². The maximum Gasteiger partial charge on any atom is 0.123 e. The number of anilines is 1. The molecule has 0 spiro atoms. The van der Waals surface area contributed by atoms with Gasteiger partial charge in [-0.1, -0.05) is 29.4 Å². The van der Waals surface area contributed by atoms with Crippen molar-refractivity contribution in [3.05, 3.63) is 53.3 Å². The van der Waals surface area contributed by atoms with Gasteiger partial charge in [0.25, 0.3) is 0 Å². The van der Waals surface area contributed by atoms with Crippen LogP contribution in [-0.4, -0.2) is 0 Å². The van der Waals surface area contributed by atoms with Crippen LogP contribution in [0.15, 0.2) is 52.3 Å². The van der Waals surface area contributed by atoms with Crippen LogP contribution in [0.25, 0.3) is 0 Å². The second-order valence-electron chi connectivity index (χ2n) is 3.21. The molecule has 2 aromatic rings. The van der Waals surface area contributed by atoms with E-state index in [1.54, 1.807) is 30.3 Å². The fourth-order valence-corrected chi connectivity index (χ4v) is 2.41. The van der Waals surface area contributed by atoms with Crippen LogP contribution in [-0.2, 0) is 0 Å². The van der Waals surface area contributed by atoms with Crippen LogP contribution < -0.4 is 5.73 Å². The molecule has 0 amide bonds. The normalized spacial score (nSPS) is 10.4. The molecule has 0 saturated heterocycles. The monoisotopic (exact) mass is 253 g/mol. The first-order valence-corrected chi connectivity index (χ1v) is 5.83. The molecule has 0 radical (unpaired) electrons. The van der Waals surface area contributed by atoms with E-state index in [9.17, 15) is 4.39 Å². The van der Waals surface area contributed by atoms with Gasteiger partial charge in [0.05, 0.1) is 9.92 Å². The van der Waals surface area contributed by atoms with E-state index in [2.05, 4.69) is 0 Å². The van der Waals surface area contributed by atoms with Gasteiger partial charge in [-0.15, -0.1) is 0 Å². The summed E-state index contributed by atoms with van der Waals surface area (Å²) in [4.78, 5) is 1.71. The Hall–Kier alpha value is -1.19. The van der Waals surface area contributed by atoms with Crippen molar-refractivity contribution in [2.75, 3.05) is 5.73 Å². The molecule has 0 aliphatic heterocycles. The van der Waals surface area contributed by atoms with Crippen molar-refractivity contribution in [2.24, 2.45) is 0 Å². The predicted octanol–water partition coefficient (Wildman–Crippen LogP) is 4.21. The summed E-state index contributed by atoms with van der Waals surface area (Å²) in [7, 11) is 0. The van der Waals surface area contributed by atoms with E-state index < -0.39 is 0 Å². The highest BCUT2D eigenvalue weighted by molar-refractivity contribution is 7.99. The van der Waals surface area contributed by atoms with Gasteiger partial charge in [-0.25, -0.2) is 4.39 Å². The van der Waals surface area contributed by atoms with Crippen LogP contribution in [0.3, 0.4) is 0 Å². The fourth-order valence-electron chi connectivity index (χ4n) is 1.25. The van der Waals surface area contributed by atoms with Gasteiger partial charge in [0, 0.05) is 10.6 Å².